The van der Waals surface area contributed by atoms with Crippen LogP contribution in [0.25, 0.3) is 0 Å². The van der Waals surface area contributed by atoms with Crippen molar-refractivity contribution < 1.29 is 5.11 Å². The molecule has 2 nitrogen and oxygen atoms in total. The van der Waals surface area contributed by atoms with Crippen LogP contribution in [0.5, 0.6) is 0 Å². The maximum absolute atomic E-state index is 9.32. The molecule has 1 aromatic rings. The van der Waals surface area contributed by atoms with Crippen LogP contribution in [0.3, 0.4) is 0 Å². The Bertz CT molecular complexity index is 328. The maximum atomic E-state index is 9.32. The van der Waals surface area contributed by atoms with Crippen molar-refractivity contribution in [3.05, 3.63) is 35.9 Å². The van der Waals surface area contributed by atoms with Gasteiger partial charge in [-0.05, 0) is 57.2 Å². The third kappa shape index (κ3) is 4.43. The maximum Gasteiger partial charge on any atom is 0.0512 e. The Morgan fingerprint density at radius 2 is 1.89 bits per heavy atom. The van der Waals surface area contributed by atoms with Crippen molar-refractivity contribution in [1.29, 1.82) is 0 Å². The van der Waals surface area contributed by atoms with Crippen LogP contribution in [0, 0.1) is 5.92 Å². The molecule has 0 amide bonds. The van der Waals surface area contributed by atoms with Gasteiger partial charge < -0.3 is 5.11 Å². The third-order valence-corrected chi connectivity index (χ3v) is 3.95. The first-order valence-electron chi connectivity index (χ1n) is 7.18. The van der Waals surface area contributed by atoms with E-state index in [4.69, 9.17) is 0 Å². The van der Waals surface area contributed by atoms with Crippen molar-refractivity contribution in [3.63, 3.8) is 0 Å². The van der Waals surface area contributed by atoms with Gasteiger partial charge in [0.2, 0.25) is 0 Å². The summed E-state index contributed by atoms with van der Waals surface area (Å²) in [6, 6.07) is 10.7. The molecule has 1 aliphatic heterocycles. The molecule has 100 valence electrons. The summed E-state index contributed by atoms with van der Waals surface area (Å²) in [5.41, 5.74) is 1.42. The highest BCUT2D eigenvalue weighted by Crippen LogP contribution is 2.23. The van der Waals surface area contributed by atoms with Crippen molar-refractivity contribution in [2.24, 2.45) is 5.92 Å². The smallest absolute Gasteiger partial charge is 0.0512 e. The summed E-state index contributed by atoms with van der Waals surface area (Å²) < 4.78 is 0. The Morgan fingerprint density at radius 1 is 1.22 bits per heavy atom. The van der Waals surface area contributed by atoms with Crippen LogP contribution in [-0.4, -0.2) is 29.2 Å². The molecule has 1 aromatic carbocycles. The van der Waals surface area contributed by atoms with Crippen LogP contribution in [0.15, 0.2) is 30.3 Å². The third-order valence-electron chi connectivity index (χ3n) is 3.95. The molecule has 1 saturated heterocycles. The minimum atomic E-state index is -0.132. The van der Waals surface area contributed by atoms with Crippen molar-refractivity contribution in [3.8, 4) is 0 Å². The predicted octanol–water partition coefficient (Wildman–Crippen LogP) is 3.06. The molecule has 1 atom stereocenters. The van der Waals surface area contributed by atoms with Crippen molar-refractivity contribution >= 4 is 0 Å². The topological polar surface area (TPSA) is 23.5 Å². The first kappa shape index (κ1) is 13.6. The SMILES string of the molecule is CC(O)CCC1CCN(Cc2ccccc2)CC1. The molecule has 1 fully saturated rings. The van der Waals surface area contributed by atoms with Gasteiger partial charge in [0.25, 0.3) is 0 Å². The average Bonchev–Trinajstić information content (AvgIpc) is 2.39. The lowest BCUT2D eigenvalue weighted by atomic mass is 9.91. The van der Waals surface area contributed by atoms with Crippen molar-refractivity contribution in [1.82, 2.24) is 4.90 Å². The molecule has 1 heterocycles. The van der Waals surface area contributed by atoms with E-state index in [9.17, 15) is 5.11 Å². The Labute approximate surface area is 111 Å². The molecule has 0 radical (unpaired) electrons. The van der Waals surface area contributed by atoms with Gasteiger partial charge in [0.05, 0.1) is 6.10 Å². The van der Waals surface area contributed by atoms with Crippen molar-refractivity contribution in [2.45, 2.75) is 45.3 Å². The summed E-state index contributed by atoms with van der Waals surface area (Å²) >= 11 is 0. The quantitative estimate of drug-likeness (QED) is 0.864. The number of aliphatic hydroxyl groups excluding tert-OH is 1. The second kappa shape index (κ2) is 6.91. The normalized spacial score (nSPS) is 19.9. The number of rotatable bonds is 5. The summed E-state index contributed by atoms with van der Waals surface area (Å²) in [7, 11) is 0. The molecular formula is C16H25NO. The highest BCUT2D eigenvalue weighted by Gasteiger charge is 2.19. The lowest BCUT2D eigenvalue weighted by molar-refractivity contribution is 0.141. The molecule has 0 aromatic heterocycles. The monoisotopic (exact) mass is 247 g/mol. The Morgan fingerprint density at radius 3 is 2.50 bits per heavy atom. The number of hydrogen-bond donors (Lipinski definition) is 1. The zero-order chi connectivity index (χ0) is 12.8. The van der Waals surface area contributed by atoms with Gasteiger partial charge in [-0.25, -0.2) is 0 Å². The van der Waals surface area contributed by atoms with Crippen LogP contribution in [-0.2, 0) is 6.54 Å². The number of likely N-dealkylation sites (tertiary alicyclic amines) is 1. The van der Waals surface area contributed by atoms with Crippen molar-refractivity contribution in [2.75, 3.05) is 13.1 Å². The summed E-state index contributed by atoms with van der Waals surface area (Å²) in [5, 5.41) is 9.32. The summed E-state index contributed by atoms with van der Waals surface area (Å²) in [6.07, 6.45) is 4.60. The van der Waals surface area contributed by atoms with E-state index in [2.05, 4.69) is 35.2 Å². The first-order valence-corrected chi connectivity index (χ1v) is 7.18. The molecule has 18 heavy (non-hydrogen) atoms. The van der Waals surface area contributed by atoms with Gasteiger partial charge in [-0.1, -0.05) is 30.3 Å². The average molecular weight is 247 g/mol. The van der Waals surface area contributed by atoms with E-state index >= 15 is 0 Å². The molecule has 0 spiro atoms. The van der Waals surface area contributed by atoms with Gasteiger partial charge in [0.1, 0.15) is 0 Å². The van der Waals surface area contributed by atoms with Crippen LogP contribution in [0.2, 0.25) is 0 Å². The van der Waals surface area contributed by atoms with E-state index in [1.165, 1.54) is 37.9 Å². The first-order chi connectivity index (χ1) is 8.74. The number of hydrogen-bond acceptors (Lipinski definition) is 2. The number of aliphatic hydroxyl groups is 1. The van der Waals surface area contributed by atoms with Crippen LogP contribution in [0.4, 0.5) is 0 Å². The summed E-state index contributed by atoms with van der Waals surface area (Å²) in [6.45, 7) is 5.40. The van der Waals surface area contributed by atoms with Crippen LogP contribution in [0.1, 0.15) is 38.2 Å². The molecular weight excluding hydrogens is 222 g/mol. The summed E-state index contributed by atoms with van der Waals surface area (Å²) in [5.74, 6) is 0.826. The fourth-order valence-electron chi connectivity index (χ4n) is 2.75. The number of nitrogens with zero attached hydrogens (tertiary/aromatic N) is 1. The second-order valence-corrected chi connectivity index (χ2v) is 5.63. The molecule has 1 N–H and O–H groups in total. The van der Waals surface area contributed by atoms with Gasteiger partial charge in [-0.2, -0.15) is 0 Å². The molecule has 1 aliphatic rings. The zero-order valence-electron chi connectivity index (χ0n) is 11.4. The van der Waals surface area contributed by atoms with Gasteiger partial charge in [-0.3, -0.25) is 4.90 Å². The lowest BCUT2D eigenvalue weighted by Gasteiger charge is -2.32. The van der Waals surface area contributed by atoms with E-state index in [-0.39, 0.29) is 6.10 Å². The van der Waals surface area contributed by atoms with Crippen LogP contribution < -0.4 is 0 Å². The van der Waals surface area contributed by atoms with E-state index in [1.807, 2.05) is 6.92 Å². The standard InChI is InChI=1S/C16H25NO/c1-14(18)7-8-15-9-11-17(12-10-15)13-16-5-3-2-4-6-16/h2-6,14-15,18H,7-13H2,1H3. The molecule has 0 saturated carbocycles. The summed E-state index contributed by atoms with van der Waals surface area (Å²) in [4.78, 5) is 2.55. The van der Waals surface area contributed by atoms with Crippen LogP contribution >= 0.6 is 0 Å². The Kier molecular flexibility index (Phi) is 5.21. The molecule has 0 aliphatic carbocycles. The predicted molar refractivity (Wildman–Crippen MR) is 75.4 cm³/mol. The van der Waals surface area contributed by atoms with E-state index < -0.39 is 0 Å². The minimum Gasteiger partial charge on any atom is -0.393 e. The number of benzene rings is 1. The number of piperidine rings is 1. The molecule has 0 bridgehead atoms. The van der Waals surface area contributed by atoms with E-state index in [0.29, 0.717) is 0 Å². The molecule has 2 heteroatoms. The van der Waals surface area contributed by atoms with Gasteiger partial charge in [0.15, 0.2) is 0 Å². The van der Waals surface area contributed by atoms with E-state index in [0.717, 1.165) is 18.9 Å². The largest absolute Gasteiger partial charge is 0.393 e. The van der Waals surface area contributed by atoms with Gasteiger partial charge in [-0.15, -0.1) is 0 Å². The second-order valence-electron chi connectivity index (χ2n) is 5.63. The highest BCUT2D eigenvalue weighted by atomic mass is 16.3. The Balaban J connectivity index is 1.70. The molecule has 1 unspecified atom stereocenters. The lowest BCUT2D eigenvalue weighted by Crippen LogP contribution is -2.33. The highest BCUT2D eigenvalue weighted by molar-refractivity contribution is 5.14. The van der Waals surface area contributed by atoms with Gasteiger partial charge in [0, 0.05) is 6.54 Å². The van der Waals surface area contributed by atoms with Gasteiger partial charge >= 0.3 is 0 Å². The zero-order valence-corrected chi connectivity index (χ0v) is 11.4. The fourth-order valence-corrected chi connectivity index (χ4v) is 2.75. The minimum absolute atomic E-state index is 0.132. The Hall–Kier alpha value is -0.860. The van der Waals surface area contributed by atoms with E-state index in [1.54, 1.807) is 0 Å². The fraction of sp³-hybridized carbons (Fsp3) is 0.625. The molecule has 2 rings (SSSR count).